The van der Waals surface area contributed by atoms with Crippen LogP contribution in [0.1, 0.15) is 31.2 Å². The van der Waals surface area contributed by atoms with Gasteiger partial charge < -0.3 is 9.53 Å². The van der Waals surface area contributed by atoms with Gasteiger partial charge in [-0.25, -0.2) is 9.21 Å². The van der Waals surface area contributed by atoms with E-state index in [2.05, 4.69) is 0 Å². The Labute approximate surface area is 130 Å². The predicted octanol–water partition coefficient (Wildman–Crippen LogP) is 3.78. The molecule has 0 bridgehead atoms. The molecule has 2 rings (SSSR count). The molecule has 1 aromatic rings. The van der Waals surface area contributed by atoms with Gasteiger partial charge in [-0.05, 0) is 37.2 Å². The summed E-state index contributed by atoms with van der Waals surface area (Å²) in [4.78, 5) is 22.5. The Morgan fingerprint density at radius 3 is 2.52 bits per heavy atom. The van der Waals surface area contributed by atoms with Crippen LogP contribution in [0.4, 0.5) is 4.79 Å². The fourth-order valence-electron chi connectivity index (χ4n) is 2.60. The van der Waals surface area contributed by atoms with Gasteiger partial charge in [0.15, 0.2) is 0 Å². The summed E-state index contributed by atoms with van der Waals surface area (Å²) in [5.41, 5.74) is 0.933. The number of carbonyl (C=O) groups excluding carboxylic acids is 2. The fraction of sp³-hybridized carbons (Fsp3) is 0.500. The van der Waals surface area contributed by atoms with E-state index in [9.17, 15) is 9.59 Å². The number of amides is 1. The Bertz CT molecular complexity index is 458. The Balaban J connectivity index is 1.71. The molecule has 1 fully saturated rings. The van der Waals surface area contributed by atoms with Crippen LogP contribution in [0.15, 0.2) is 30.3 Å². The topological polar surface area (TPSA) is 46.6 Å². The van der Waals surface area contributed by atoms with E-state index in [0.29, 0.717) is 12.5 Å². The quantitative estimate of drug-likeness (QED) is 0.614. The number of hydrogen-bond acceptors (Lipinski definition) is 3. The molecule has 4 nitrogen and oxygen atoms in total. The van der Waals surface area contributed by atoms with Crippen molar-refractivity contribution in [2.24, 2.45) is 11.8 Å². The largest absolute Gasteiger partial charge is 0.444 e. The zero-order chi connectivity index (χ0) is 15.1. The van der Waals surface area contributed by atoms with Crippen molar-refractivity contribution in [3.05, 3.63) is 35.9 Å². The normalized spacial score (nSPS) is 21.6. The van der Waals surface area contributed by atoms with E-state index >= 15 is 0 Å². The van der Waals surface area contributed by atoms with Gasteiger partial charge in [-0.1, -0.05) is 30.3 Å². The van der Waals surface area contributed by atoms with E-state index in [1.165, 1.54) is 0 Å². The number of aldehydes is 1. The molecule has 1 aliphatic carbocycles. The first-order valence-corrected chi connectivity index (χ1v) is 7.62. The van der Waals surface area contributed by atoms with E-state index in [0.717, 1.165) is 42.0 Å². The van der Waals surface area contributed by atoms with Crippen LogP contribution in [-0.4, -0.2) is 23.3 Å². The van der Waals surface area contributed by atoms with E-state index in [1.807, 2.05) is 30.3 Å². The molecule has 0 aliphatic heterocycles. The highest BCUT2D eigenvalue weighted by Gasteiger charge is 2.24. The summed E-state index contributed by atoms with van der Waals surface area (Å²) >= 11 is 5.99. The Morgan fingerprint density at radius 2 is 1.90 bits per heavy atom. The van der Waals surface area contributed by atoms with Gasteiger partial charge in [-0.3, -0.25) is 0 Å². The van der Waals surface area contributed by atoms with E-state index in [4.69, 9.17) is 16.5 Å². The summed E-state index contributed by atoms with van der Waals surface area (Å²) in [6, 6.07) is 9.49. The van der Waals surface area contributed by atoms with Crippen molar-refractivity contribution < 1.29 is 14.3 Å². The smallest absolute Gasteiger partial charge is 0.424 e. The fourth-order valence-corrected chi connectivity index (χ4v) is 2.84. The molecule has 0 unspecified atom stereocenters. The molecular weight excluding hydrogens is 290 g/mol. The molecule has 0 heterocycles. The Kier molecular flexibility index (Phi) is 6.05. The van der Waals surface area contributed by atoms with Crippen LogP contribution < -0.4 is 0 Å². The molecule has 0 spiro atoms. The van der Waals surface area contributed by atoms with Crippen LogP contribution in [-0.2, 0) is 16.1 Å². The molecular formula is C16H20ClNO3. The molecule has 1 aliphatic rings. The third-order valence-electron chi connectivity index (χ3n) is 3.91. The summed E-state index contributed by atoms with van der Waals surface area (Å²) in [6.45, 7) is 0.696. The number of halogens is 1. The minimum atomic E-state index is -0.516. The van der Waals surface area contributed by atoms with Crippen molar-refractivity contribution in [3.63, 3.8) is 0 Å². The lowest BCUT2D eigenvalue weighted by atomic mass is 9.83. The molecule has 1 amide bonds. The summed E-state index contributed by atoms with van der Waals surface area (Å²) in [5, 5.41) is 0. The first-order valence-electron chi connectivity index (χ1n) is 7.28. The van der Waals surface area contributed by atoms with Crippen LogP contribution >= 0.6 is 11.8 Å². The van der Waals surface area contributed by atoms with Crippen molar-refractivity contribution in [3.8, 4) is 0 Å². The molecule has 5 heteroatoms. The number of carbonyl (C=O) groups is 2. The molecule has 1 saturated carbocycles. The molecule has 0 atom stereocenters. The van der Waals surface area contributed by atoms with Gasteiger partial charge in [0.25, 0.3) is 0 Å². The van der Waals surface area contributed by atoms with Gasteiger partial charge in [0, 0.05) is 24.2 Å². The van der Waals surface area contributed by atoms with E-state index in [-0.39, 0.29) is 12.5 Å². The minimum Gasteiger partial charge on any atom is -0.444 e. The van der Waals surface area contributed by atoms with Crippen LogP contribution in [0, 0.1) is 11.8 Å². The summed E-state index contributed by atoms with van der Waals surface area (Å²) in [5.74, 6) is 0.526. The maximum atomic E-state index is 11.8. The van der Waals surface area contributed by atoms with Gasteiger partial charge in [0.05, 0.1) is 0 Å². The first-order chi connectivity index (χ1) is 10.2. The molecule has 0 aromatic heterocycles. The second kappa shape index (κ2) is 8.03. The molecule has 1 aromatic carbocycles. The summed E-state index contributed by atoms with van der Waals surface area (Å²) < 4.78 is 6.29. The van der Waals surface area contributed by atoms with Crippen molar-refractivity contribution in [1.82, 2.24) is 4.42 Å². The number of rotatable bonds is 5. The standard InChI is InChI=1S/C16H20ClNO3/c17-18(10-13-6-8-14(11-19)9-7-13)16(20)21-12-15-4-2-1-3-5-15/h1-5,11,13-14H,6-10,12H2. The minimum absolute atomic E-state index is 0.176. The zero-order valence-corrected chi connectivity index (χ0v) is 12.7. The van der Waals surface area contributed by atoms with E-state index < -0.39 is 6.09 Å². The van der Waals surface area contributed by atoms with Crippen molar-refractivity contribution in [1.29, 1.82) is 0 Å². The third-order valence-corrected chi connectivity index (χ3v) is 4.18. The molecule has 0 radical (unpaired) electrons. The average molecular weight is 310 g/mol. The predicted molar refractivity (Wildman–Crippen MR) is 80.7 cm³/mol. The first kappa shape index (κ1) is 15.8. The van der Waals surface area contributed by atoms with Crippen LogP contribution in [0.5, 0.6) is 0 Å². The highest BCUT2D eigenvalue weighted by atomic mass is 35.5. The molecule has 0 N–H and O–H groups in total. The highest BCUT2D eigenvalue weighted by Crippen LogP contribution is 2.28. The van der Waals surface area contributed by atoms with Crippen molar-refractivity contribution >= 4 is 24.2 Å². The lowest BCUT2D eigenvalue weighted by Gasteiger charge is -2.27. The third kappa shape index (κ3) is 5.05. The second-order valence-electron chi connectivity index (χ2n) is 5.50. The lowest BCUT2D eigenvalue weighted by molar-refractivity contribution is -0.112. The number of nitrogens with zero attached hydrogens (tertiary/aromatic N) is 1. The van der Waals surface area contributed by atoms with Gasteiger partial charge in [-0.2, -0.15) is 0 Å². The maximum Gasteiger partial charge on any atom is 0.424 e. The lowest BCUT2D eigenvalue weighted by Crippen LogP contribution is -2.30. The van der Waals surface area contributed by atoms with Gasteiger partial charge in [-0.15, -0.1) is 0 Å². The molecule has 0 saturated heterocycles. The Hall–Kier alpha value is -1.55. The zero-order valence-electron chi connectivity index (χ0n) is 11.9. The molecule has 114 valence electrons. The SMILES string of the molecule is O=CC1CCC(CN(Cl)C(=O)OCc2ccccc2)CC1. The van der Waals surface area contributed by atoms with Crippen LogP contribution in [0.25, 0.3) is 0 Å². The number of ether oxygens (including phenoxy) is 1. The van der Waals surface area contributed by atoms with Crippen molar-refractivity contribution in [2.75, 3.05) is 6.54 Å². The summed E-state index contributed by atoms with van der Waals surface area (Å²) in [7, 11) is 0. The van der Waals surface area contributed by atoms with Crippen molar-refractivity contribution in [2.45, 2.75) is 32.3 Å². The number of benzene rings is 1. The van der Waals surface area contributed by atoms with Gasteiger partial charge >= 0.3 is 6.09 Å². The summed E-state index contributed by atoms with van der Waals surface area (Å²) in [6.07, 6.45) is 4.15. The maximum absolute atomic E-state index is 11.8. The van der Waals surface area contributed by atoms with Gasteiger partial charge in [0.2, 0.25) is 0 Å². The van der Waals surface area contributed by atoms with Gasteiger partial charge in [0.1, 0.15) is 12.9 Å². The molecule has 21 heavy (non-hydrogen) atoms. The number of hydrogen-bond donors (Lipinski definition) is 0. The Morgan fingerprint density at radius 1 is 1.24 bits per heavy atom. The monoisotopic (exact) mass is 309 g/mol. The second-order valence-corrected chi connectivity index (χ2v) is 5.91. The highest BCUT2D eigenvalue weighted by molar-refractivity contribution is 6.20. The van der Waals surface area contributed by atoms with Crippen LogP contribution in [0.3, 0.4) is 0 Å². The average Bonchev–Trinajstić information content (AvgIpc) is 2.54. The van der Waals surface area contributed by atoms with E-state index in [1.54, 1.807) is 0 Å². The van der Waals surface area contributed by atoms with Crippen LogP contribution in [0.2, 0.25) is 0 Å².